The number of ether oxygens (including phenoxy) is 1. The second-order valence-electron chi connectivity index (χ2n) is 6.02. The fourth-order valence-corrected chi connectivity index (χ4v) is 5.43. The lowest BCUT2D eigenvalue weighted by Gasteiger charge is -2.18. The molecule has 1 amide bonds. The molecular weight excluding hydrogens is 430 g/mol. The van der Waals surface area contributed by atoms with Crippen molar-refractivity contribution in [3.05, 3.63) is 48.0 Å². The highest BCUT2D eigenvalue weighted by molar-refractivity contribution is 7.94. The van der Waals surface area contributed by atoms with E-state index in [1.54, 1.807) is 6.92 Å². The molecule has 1 aliphatic rings. The molecule has 8 nitrogen and oxygen atoms in total. The maximum Gasteiger partial charge on any atom is 0.265 e. The summed E-state index contributed by atoms with van der Waals surface area (Å²) >= 11 is 0. The Morgan fingerprint density at radius 3 is 2.48 bits per heavy atom. The predicted molar refractivity (Wildman–Crippen MR) is 101 cm³/mol. The van der Waals surface area contributed by atoms with E-state index in [-0.39, 0.29) is 30.2 Å². The molecule has 1 aliphatic heterocycles. The largest absolute Gasteiger partial charge is 0.492 e. The van der Waals surface area contributed by atoms with Gasteiger partial charge >= 0.3 is 0 Å². The first-order valence-corrected chi connectivity index (χ1v) is 11.4. The monoisotopic (exact) mass is 446 g/mol. The molecule has 0 aliphatic carbocycles. The molecule has 1 saturated heterocycles. The molecule has 3 rings (SSSR count). The first kappa shape index (κ1) is 21.0. The van der Waals surface area contributed by atoms with Crippen LogP contribution in [-0.4, -0.2) is 35.1 Å². The van der Waals surface area contributed by atoms with Gasteiger partial charge in [-0.3, -0.25) is 9.52 Å². The van der Waals surface area contributed by atoms with Crippen molar-refractivity contribution in [2.24, 2.45) is 0 Å². The molecule has 12 heteroatoms. The Hall–Kier alpha value is -2.73. The number of amides is 1. The van der Waals surface area contributed by atoms with Crippen LogP contribution in [-0.2, 0) is 24.8 Å². The molecule has 0 radical (unpaired) electrons. The van der Waals surface area contributed by atoms with Crippen LogP contribution in [0, 0.1) is 11.6 Å². The Morgan fingerprint density at radius 1 is 1.17 bits per heavy atom. The van der Waals surface area contributed by atoms with E-state index in [1.165, 1.54) is 12.1 Å². The summed E-state index contributed by atoms with van der Waals surface area (Å²) in [5, 5.41) is 0. The van der Waals surface area contributed by atoms with Crippen LogP contribution in [0.5, 0.6) is 5.75 Å². The Balaban J connectivity index is 2.09. The van der Waals surface area contributed by atoms with Gasteiger partial charge in [-0.25, -0.2) is 29.9 Å². The van der Waals surface area contributed by atoms with E-state index in [4.69, 9.17) is 4.74 Å². The van der Waals surface area contributed by atoms with Gasteiger partial charge in [0.2, 0.25) is 15.9 Å². The van der Waals surface area contributed by atoms with Crippen LogP contribution in [0.1, 0.15) is 13.3 Å². The molecule has 2 aromatic carbocycles. The summed E-state index contributed by atoms with van der Waals surface area (Å²) in [5.41, 5.74) is -0.694. The molecule has 1 fully saturated rings. The zero-order chi connectivity index (χ0) is 21.4. The topological polar surface area (TPSA) is 110 Å². The van der Waals surface area contributed by atoms with Gasteiger partial charge in [0.15, 0.2) is 0 Å². The number of hydrogen-bond donors (Lipinski definition) is 1. The van der Waals surface area contributed by atoms with Crippen LogP contribution in [0.2, 0.25) is 0 Å². The lowest BCUT2D eigenvalue weighted by molar-refractivity contribution is -0.116. The van der Waals surface area contributed by atoms with Crippen LogP contribution >= 0.6 is 0 Å². The Kier molecular flexibility index (Phi) is 5.50. The highest BCUT2D eigenvalue weighted by Crippen LogP contribution is 2.34. The lowest BCUT2D eigenvalue weighted by atomic mass is 10.3. The SMILES string of the molecule is CCOc1ccc(N2C(=O)CCS2(=O)=O)cc1S(=O)(=O)Nc1ccc(F)cc1F. The molecule has 1 heterocycles. The first-order valence-electron chi connectivity index (χ1n) is 8.35. The number of sulfonamides is 2. The van der Waals surface area contributed by atoms with Gasteiger partial charge in [-0.05, 0) is 37.3 Å². The fourth-order valence-electron chi connectivity index (χ4n) is 2.75. The highest BCUT2D eigenvalue weighted by Gasteiger charge is 2.37. The summed E-state index contributed by atoms with van der Waals surface area (Å²) in [6, 6.07) is 5.68. The molecule has 0 bridgehead atoms. The minimum atomic E-state index is -4.48. The summed E-state index contributed by atoms with van der Waals surface area (Å²) in [5.74, 6) is -3.24. The molecule has 0 aromatic heterocycles. The maximum absolute atomic E-state index is 13.9. The van der Waals surface area contributed by atoms with E-state index in [9.17, 15) is 30.4 Å². The van der Waals surface area contributed by atoms with Crippen LogP contribution in [0.25, 0.3) is 0 Å². The average Bonchev–Trinajstić information content (AvgIpc) is 2.91. The minimum absolute atomic E-state index is 0.0910. The smallest absolute Gasteiger partial charge is 0.265 e. The molecule has 0 unspecified atom stereocenters. The number of nitrogens with zero attached hydrogens (tertiary/aromatic N) is 1. The molecule has 1 N–H and O–H groups in total. The third-order valence-electron chi connectivity index (χ3n) is 4.01. The molecule has 156 valence electrons. The Bertz CT molecular complexity index is 1180. The number of benzene rings is 2. The fraction of sp³-hybridized carbons (Fsp3) is 0.235. The average molecular weight is 446 g/mol. The summed E-state index contributed by atoms with van der Waals surface area (Å²) in [6.07, 6.45) is -0.226. The quantitative estimate of drug-likeness (QED) is 0.729. The number of carbonyl (C=O) groups excluding carboxylic acids is 1. The molecule has 0 saturated carbocycles. The van der Waals surface area contributed by atoms with Gasteiger partial charge in [0.1, 0.15) is 22.3 Å². The third-order valence-corrected chi connectivity index (χ3v) is 7.08. The Labute approximate surface area is 166 Å². The predicted octanol–water partition coefficient (Wildman–Crippen LogP) is 2.23. The zero-order valence-corrected chi connectivity index (χ0v) is 16.7. The molecule has 0 spiro atoms. The van der Waals surface area contributed by atoms with Crippen molar-refractivity contribution in [3.63, 3.8) is 0 Å². The van der Waals surface area contributed by atoms with E-state index < -0.39 is 48.2 Å². The summed E-state index contributed by atoms with van der Waals surface area (Å²) in [6.45, 7) is 1.69. The minimum Gasteiger partial charge on any atom is -0.492 e. The van der Waals surface area contributed by atoms with E-state index in [2.05, 4.69) is 0 Å². The second-order valence-corrected chi connectivity index (χ2v) is 9.61. The van der Waals surface area contributed by atoms with E-state index in [0.29, 0.717) is 10.4 Å². The van der Waals surface area contributed by atoms with Crippen molar-refractivity contribution in [1.82, 2.24) is 0 Å². The van der Waals surface area contributed by atoms with Crippen molar-refractivity contribution < 1.29 is 35.1 Å². The standard InChI is InChI=1S/C17H16F2N2O6S2/c1-2-27-15-6-4-12(21-17(22)7-8-28(21,23)24)10-16(15)29(25,26)20-14-5-3-11(18)9-13(14)19/h3-6,9-10,20H,2,7-8H2,1H3. The molecule has 29 heavy (non-hydrogen) atoms. The summed E-state index contributed by atoms with van der Waals surface area (Å²) in [4.78, 5) is 11.5. The lowest BCUT2D eigenvalue weighted by Crippen LogP contribution is -2.29. The van der Waals surface area contributed by atoms with Crippen molar-refractivity contribution >= 4 is 37.3 Å². The van der Waals surface area contributed by atoms with E-state index in [1.807, 2.05) is 4.72 Å². The van der Waals surface area contributed by atoms with Crippen molar-refractivity contribution in [2.45, 2.75) is 18.2 Å². The van der Waals surface area contributed by atoms with Crippen molar-refractivity contribution in [3.8, 4) is 5.75 Å². The van der Waals surface area contributed by atoms with Gasteiger partial charge in [0.05, 0.1) is 23.7 Å². The van der Waals surface area contributed by atoms with Gasteiger partial charge in [-0.15, -0.1) is 0 Å². The number of nitrogens with one attached hydrogen (secondary N) is 1. The molecule has 0 atom stereocenters. The number of carbonyl (C=O) groups is 1. The van der Waals surface area contributed by atoms with Gasteiger partial charge in [-0.2, -0.15) is 0 Å². The first-order chi connectivity index (χ1) is 13.5. The van der Waals surface area contributed by atoms with Crippen LogP contribution in [0.3, 0.4) is 0 Å². The number of anilines is 2. The van der Waals surface area contributed by atoms with Crippen LogP contribution < -0.4 is 13.8 Å². The van der Waals surface area contributed by atoms with Crippen molar-refractivity contribution in [2.75, 3.05) is 21.4 Å². The zero-order valence-electron chi connectivity index (χ0n) is 15.1. The molecular formula is C17H16F2N2O6S2. The van der Waals surface area contributed by atoms with Gasteiger partial charge in [0, 0.05) is 12.5 Å². The normalized spacial score (nSPS) is 16.1. The maximum atomic E-state index is 13.9. The van der Waals surface area contributed by atoms with E-state index in [0.717, 1.165) is 18.2 Å². The molecule has 2 aromatic rings. The van der Waals surface area contributed by atoms with Crippen molar-refractivity contribution in [1.29, 1.82) is 0 Å². The summed E-state index contributed by atoms with van der Waals surface area (Å²) in [7, 11) is -8.40. The van der Waals surface area contributed by atoms with Crippen LogP contribution in [0.4, 0.5) is 20.2 Å². The second kappa shape index (κ2) is 7.59. The Morgan fingerprint density at radius 2 is 1.90 bits per heavy atom. The third kappa shape index (κ3) is 4.17. The van der Waals surface area contributed by atoms with Gasteiger partial charge in [-0.1, -0.05) is 0 Å². The number of halogens is 2. The van der Waals surface area contributed by atoms with Gasteiger partial charge in [0.25, 0.3) is 10.0 Å². The number of rotatable bonds is 6. The highest BCUT2D eigenvalue weighted by atomic mass is 32.2. The van der Waals surface area contributed by atoms with E-state index >= 15 is 0 Å². The number of hydrogen-bond acceptors (Lipinski definition) is 6. The summed E-state index contributed by atoms with van der Waals surface area (Å²) < 4.78 is 84.7. The van der Waals surface area contributed by atoms with Crippen LogP contribution in [0.15, 0.2) is 41.3 Å². The van der Waals surface area contributed by atoms with Gasteiger partial charge < -0.3 is 4.74 Å².